The van der Waals surface area contributed by atoms with Crippen LogP contribution >= 0.6 is 0 Å². The smallest absolute Gasteiger partial charge is 0.146 e. The molecule has 0 fully saturated rings. The molecular formula is C15H25NO2. The Morgan fingerprint density at radius 1 is 0.944 bits per heavy atom. The average molecular weight is 251 g/mol. The van der Waals surface area contributed by atoms with Crippen molar-refractivity contribution in [2.45, 2.75) is 46.0 Å². The fourth-order valence-electron chi connectivity index (χ4n) is 1.82. The summed E-state index contributed by atoms with van der Waals surface area (Å²) in [5, 5.41) is 0. The molecule has 0 amide bonds. The lowest BCUT2D eigenvalue weighted by atomic mass is 10.2. The summed E-state index contributed by atoms with van der Waals surface area (Å²) in [5.41, 5.74) is 6.59. The molecule has 0 unspecified atom stereocenters. The largest absolute Gasteiger partial charge is 0.492 e. The van der Waals surface area contributed by atoms with E-state index in [-0.39, 0.29) is 0 Å². The van der Waals surface area contributed by atoms with Gasteiger partial charge in [0.1, 0.15) is 17.2 Å². The Labute approximate surface area is 110 Å². The highest BCUT2D eigenvalue weighted by molar-refractivity contribution is 5.62. The first-order valence-corrected chi connectivity index (χ1v) is 6.93. The Kier molecular flexibility index (Phi) is 7.07. The molecule has 102 valence electrons. The van der Waals surface area contributed by atoms with E-state index in [0.717, 1.165) is 18.8 Å². The van der Waals surface area contributed by atoms with Crippen molar-refractivity contribution in [3.63, 3.8) is 0 Å². The Hall–Kier alpha value is -1.38. The Morgan fingerprint density at radius 3 is 2.28 bits per heavy atom. The van der Waals surface area contributed by atoms with E-state index in [1.807, 2.05) is 25.1 Å². The van der Waals surface area contributed by atoms with Gasteiger partial charge in [0, 0.05) is 0 Å². The van der Waals surface area contributed by atoms with Crippen molar-refractivity contribution < 1.29 is 9.47 Å². The van der Waals surface area contributed by atoms with Crippen molar-refractivity contribution in [1.29, 1.82) is 0 Å². The lowest BCUT2D eigenvalue weighted by molar-refractivity contribution is 0.301. The van der Waals surface area contributed by atoms with Crippen molar-refractivity contribution in [3.8, 4) is 11.5 Å². The number of benzene rings is 1. The number of hydrogen-bond acceptors (Lipinski definition) is 3. The second-order valence-electron chi connectivity index (χ2n) is 4.36. The Morgan fingerprint density at radius 2 is 1.61 bits per heavy atom. The van der Waals surface area contributed by atoms with Crippen LogP contribution in [0.4, 0.5) is 5.69 Å². The van der Waals surface area contributed by atoms with E-state index in [1.54, 1.807) is 0 Å². The van der Waals surface area contributed by atoms with Gasteiger partial charge in [-0.25, -0.2) is 0 Å². The average Bonchev–Trinajstić information content (AvgIpc) is 2.38. The highest BCUT2D eigenvalue weighted by Crippen LogP contribution is 2.31. The molecule has 2 N–H and O–H groups in total. The van der Waals surface area contributed by atoms with Crippen LogP contribution in [-0.2, 0) is 0 Å². The van der Waals surface area contributed by atoms with Crippen molar-refractivity contribution in [3.05, 3.63) is 18.2 Å². The lowest BCUT2D eigenvalue weighted by Crippen LogP contribution is -2.03. The number of ether oxygens (including phenoxy) is 2. The molecular weight excluding hydrogens is 226 g/mol. The molecule has 0 atom stereocenters. The number of hydrogen-bond donors (Lipinski definition) is 1. The Bertz CT molecular complexity index is 339. The summed E-state index contributed by atoms with van der Waals surface area (Å²) < 4.78 is 11.1. The fraction of sp³-hybridized carbons (Fsp3) is 0.600. The minimum Gasteiger partial charge on any atom is -0.492 e. The molecule has 0 aliphatic heterocycles. The molecule has 0 aliphatic carbocycles. The zero-order valence-corrected chi connectivity index (χ0v) is 11.6. The van der Waals surface area contributed by atoms with E-state index in [9.17, 15) is 0 Å². The molecule has 0 aromatic heterocycles. The van der Waals surface area contributed by atoms with Gasteiger partial charge >= 0.3 is 0 Å². The highest BCUT2D eigenvalue weighted by Gasteiger charge is 2.06. The first-order valence-electron chi connectivity index (χ1n) is 6.93. The zero-order valence-electron chi connectivity index (χ0n) is 11.6. The standard InChI is InChI=1S/C15H25NO2/c1-3-5-6-7-8-12-18-14-11-9-10-13(15(14)16)17-4-2/h9-11H,3-8,12,16H2,1-2H3. The van der Waals surface area contributed by atoms with Gasteiger partial charge in [-0.2, -0.15) is 0 Å². The summed E-state index contributed by atoms with van der Waals surface area (Å²) in [6.07, 6.45) is 6.16. The molecule has 18 heavy (non-hydrogen) atoms. The summed E-state index contributed by atoms with van der Waals surface area (Å²) in [5.74, 6) is 1.44. The monoisotopic (exact) mass is 251 g/mol. The van der Waals surface area contributed by atoms with Crippen LogP contribution in [0.15, 0.2) is 18.2 Å². The number of nitrogen functional groups attached to an aromatic ring is 1. The van der Waals surface area contributed by atoms with Crippen LogP contribution in [0.2, 0.25) is 0 Å². The molecule has 0 spiro atoms. The van der Waals surface area contributed by atoms with E-state index < -0.39 is 0 Å². The van der Waals surface area contributed by atoms with Crippen LogP contribution in [0.3, 0.4) is 0 Å². The van der Waals surface area contributed by atoms with Crippen molar-refractivity contribution in [2.24, 2.45) is 0 Å². The third-order valence-electron chi connectivity index (χ3n) is 2.83. The predicted octanol–water partition coefficient (Wildman–Crippen LogP) is 4.02. The van der Waals surface area contributed by atoms with E-state index in [0.29, 0.717) is 18.0 Å². The maximum absolute atomic E-state index is 5.98. The molecule has 0 saturated carbocycles. The summed E-state index contributed by atoms with van der Waals surface area (Å²) >= 11 is 0. The maximum atomic E-state index is 5.98. The van der Waals surface area contributed by atoms with Crippen molar-refractivity contribution >= 4 is 5.69 Å². The number of nitrogens with two attached hydrogens (primary N) is 1. The predicted molar refractivity (Wildman–Crippen MR) is 76.3 cm³/mol. The molecule has 0 aliphatic rings. The minimum atomic E-state index is 0.605. The van der Waals surface area contributed by atoms with Crippen LogP contribution in [-0.4, -0.2) is 13.2 Å². The SMILES string of the molecule is CCCCCCCOc1cccc(OCC)c1N. The number of unbranched alkanes of at least 4 members (excludes halogenated alkanes) is 4. The van der Waals surface area contributed by atoms with Gasteiger partial charge in [0.25, 0.3) is 0 Å². The van der Waals surface area contributed by atoms with Crippen LogP contribution in [0.1, 0.15) is 46.0 Å². The second-order valence-corrected chi connectivity index (χ2v) is 4.36. The van der Waals surface area contributed by atoms with Gasteiger partial charge in [0.05, 0.1) is 13.2 Å². The molecule has 3 nitrogen and oxygen atoms in total. The lowest BCUT2D eigenvalue weighted by Gasteiger charge is -2.12. The second kappa shape index (κ2) is 8.67. The fourth-order valence-corrected chi connectivity index (χ4v) is 1.82. The van der Waals surface area contributed by atoms with E-state index >= 15 is 0 Å². The first-order chi connectivity index (χ1) is 8.79. The summed E-state index contributed by atoms with van der Waals surface area (Å²) in [7, 11) is 0. The van der Waals surface area contributed by atoms with Crippen LogP contribution in [0.5, 0.6) is 11.5 Å². The van der Waals surface area contributed by atoms with Gasteiger partial charge in [-0.1, -0.05) is 38.7 Å². The third kappa shape index (κ3) is 4.86. The van der Waals surface area contributed by atoms with Gasteiger partial charge in [-0.15, -0.1) is 0 Å². The molecule has 0 radical (unpaired) electrons. The van der Waals surface area contributed by atoms with Crippen molar-refractivity contribution in [1.82, 2.24) is 0 Å². The van der Waals surface area contributed by atoms with Gasteiger partial charge in [-0.3, -0.25) is 0 Å². The minimum absolute atomic E-state index is 0.605. The van der Waals surface area contributed by atoms with Gasteiger partial charge in [-0.05, 0) is 25.5 Å². The van der Waals surface area contributed by atoms with E-state index in [4.69, 9.17) is 15.2 Å². The van der Waals surface area contributed by atoms with Gasteiger partial charge < -0.3 is 15.2 Å². The summed E-state index contributed by atoms with van der Waals surface area (Å²) in [4.78, 5) is 0. The normalized spacial score (nSPS) is 10.3. The molecule has 0 bridgehead atoms. The number of rotatable bonds is 9. The van der Waals surface area contributed by atoms with Crippen LogP contribution in [0.25, 0.3) is 0 Å². The molecule has 3 heteroatoms. The van der Waals surface area contributed by atoms with Crippen molar-refractivity contribution in [2.75, 3.05) is 18.9 Å². The van der Waals surface area contributed by atoms with E-state index in [1.165, 1.54) is 25.7 Å². The third-order valence-corrected chi connectivity index (χ3v) is 2.83. The topological polar surface area (TPSA) is 44.5 Å². The Balaban J connectivity index is 2.35. The van der Waals surface area contributed by atoms with Gasteiger partial charge in [0.15, 0.2) is 0 Å². The first kappa shape index (κ1) is 14.7. The summed E-state index contributed by atoms with van der Waals surface area (Å²) in [6.45, 7) is 5.51. The molecule has 1 aromatic carbocycles. The maximum Gasteiger partial charge on any atom is 0.146 e. The molecule has 1 rings (SSSR count). The van der Waals surface area contributed by atoms with Crippen LogP contribution < -0.4 is 15.2 Å². The van der Waals surface area contributed by atoms with Crippen LogP contribution in [0, 0.1) is 0 Å². The zero-order chi connectivity index (χ0) is 13.2. The number of anilines is 1. The number of para-hydroxylation sites is 1. The summed E-state index contributed by atoms with van der Waals surface area (Å²) in [6, 6.07) is 5.67. The van der Waals surface area contributed by atoms with Gasteiger partial charge in [0.2, 0.25) is 0 Å². The van der Waals surface area contributed by atoms with E-state index in [2.05, 4.69) is 6.92 Å². The molecule has 1 aromatic rings. The highest BCUT2D eigenvalue weighted by atomic mass is 16.5. The quantitative estimate of drug-likeness (QED) is 0.532. The molecule has 0 heterocycles. The molecule has 0 saturated heterocycles.